The second-order valence-electron chi connectivity index (χ2n) is 3.70. The molecule has 0 aliphatic heterocycles. The van der Waals surface area contributed by atoms with E-state index in [2.05, 4.69) is 11.1 Å². The first-order valence-electron chi connectivity index (χ1n) is 5.45. The van der Waals surface area contributed by atoms with Gasteiger partial charge in [-0.25, -0.2) is 9.79 Å². The van der Waals surface area contributed by atoms with E-state index in [4.69, 9.17) is 4.74 Å². The molecule has 0 atom stereocenters. The molecule has 1 aromatic rings. The molecule has 0 aromatic heterocycles. The van der Waals surface area contributed by atoms with E-state index in [-0.39, 0.29) is 0 Å². The van der Waals surface area contributed by atoms with Crippen LogP contribution in [0.4, 0.5) is 0 Å². The number of hydrogen-bond acceptors (Lipinski definition) is 3. The maximum absolute atomic E-state index is 9.97. The lowest BCUT2D eigenvalue weighted by Gasteiger charge is -2.11. The highest BCUT2D eigenvalue weighted by Gasteiger charge is 2.04. The Kier molecular flexibility index (Phi) is 4.74. The molecule has 0 fully saturated rings. The highest BCUT2D eigenvalue weighted by Crippen LogP contribution is 2.23. The van der Waals surface area contributed by atoms with E-state index in [1.807, 2.05) is 26.8 Å². The van der Waals surface area contributed by atoms with Gasteiger partial charge in [0.25, 0.3) is 0 Å². The Labute approximate surface area is 96.2 Å². The minimum absolute atomic E-state index is 0.498. The Bertz CT molecular complexity index is 407. The van der Waals surface area contributed by atoms with Gasteiger partial charge in [0.05, 0.1) is 13.2 Å². The van der Waals surface area contributed by atoms with E-state index in [0.717, 1.165) is 17.7 Å². The van der Waals surface area contributed by atoms with Gasteiger partial charge in [-0.3, -0.25) is 0 Å². The lowest BCUT2D eigenvalue weighted by atomic mass is 10.0. The first-order valence-corrected chi connectivity index (χ1v) is 5.45. The third-order valence-corrected chi connectivity index (χ3v) is 2.49. The molecule has 86 valence electrons. The summed E-state index contributed by atoms with van der Waals surface area (Å²) in [5.74, 6) is 0.933. The van der Waals surface area contributed by atoms with Crippen molar-refractivity contribution < 1.29 is 9.53 Å². The molecule has 1 aromatic carbocycles. The standard InChI is InChI=1S/C13H17NO2/c1-4-16-13-8-10(2)12(7-11(13)3)5-6-14-9-15/h7-8H,4-6H2,1-3H3. The number of hydrogen-bond donors (Lipinski definition) is 0. The van der Waals surface area contributed by atoms with Crippen molar-refractivity contribution in [1.82, 2.24) is 0 Å². The molecule has 0 heterocycles. The van der Waals surface area contributed by atoms with Crippen molar-refractivity contribution in [3.8, 4) is 5.75 Å². The topological polar surface area (TPSA) is 38.7 Å². The summed E-state index contributed by atoms with van der Waals surface area (Å²) in [7, 11) is 0. The molecule has 0 saturated carbocycles. The zero-order chi connectivity index (χ0) is 12.0. The van der Waals surface area contributed by atoms with Crippen molar-refractivity contribution in [3.63, 3.8) is 0 Å². The third kappa shape index (κ3) is 3.21. The highest BCUT2D eigenvalue weighted by molar-refractivity contribution is 5.42. The van der Waals surface area contributed by atoms with Crippen LogP contribution in [0.5, 0.6) is 5.75 Å². The molecule has 0 spiro atoms. The average molecular weight is 219 g/mol. The van der Waals surface area contributed by atoms with Crippen molar-refractivity contribution >= 4 is 6.08 Å². The SMILES string of the molecule is CCOc1cc(C)c(CCN=C=O)cc1C. The molecule has 0 saturated heterocycles. The molecule has 0 radical (unpaired) electrons. The second-order valence-corrected chi connectivity index (χ2v) is 3.70. The molecule has 3 nitrogen and oxygen atoms in total. The first kappa shape index (κ1) is 12.5. The van der Waals surface area contributed by atoms with Crippen molar-refractivity contribution in [2.45, 2.75) is 27.2 Å². The van der Waals surface area contributed by atoms with Gasteiger partial charge in [0.2, 0.25) is 6.08 Å². The van der Waals surface area contributed by atoms with E-state index in [1.54, 1.807) is 6.08 Å². The van der Waals surface area contributed by atoms with Crippen LogP contribution >= 0.6 is 0 Å². The summed E-state index contributed by atoms with van der Waals surface area (Å²) in [5.41, 5.74) is 3.51. The van der Waals surface area contributed by atoms with Crippen LogP contribution in [-0.2, 0) is 11.2 Å². The van der Waals surface area contributed by atoms with Crippen LogP contribution in [0.3, 0.4) is 0 Å². The molecular formula is C13H17NO2. The fourth-order valence-electron chi connectivity index (χ4n) is 1.65. The number of ether oxygens (including phenoxy) is 1. The molecule has 1 rings (SSSR count). The van der Waals surface area contributed by atoms with Crippen molar-refractivity contribution in [2.24, 2.45) is 4.99 Å². The Balaban J connectivity index is 2.87. The number of rotatable bonds is 5. The summed E-state index contributed by atoms with van der Waals surface area (Å²) >= 11 is 0. The number of aliphatic imine (C=N–C) groups is 1. The largest absolute Gasteiger partial charge is 0.494 e. The molecule has 0 aliphatic carbocycles. The van der Waals surface area contributed by atoms with Crippen LogP contribution in [-0.4, -0.2) is 19.2 Å². The maximum atomic E-state index is 9.97. The highest BCUT2D eigenvalue weighted by atomic mass is 16.5. The van der Waals surface area contributed by atoms with E-state index in [1.165, 1.54) is 11.1 Å². The van der Waals surface area contributed by atoms with E-state index < -0.39 is 0 Å². The quantitative estimate of drug-likeness (QED) is 0.564. The smallest absolute Gasteiger partial charge is 0.234 e. The monoisotopic (exact) mass is 219 g/mol. The van der Waals surface area contributed by atoms with Crippen molar-refractivity contribution in [3.05, 3.63) is 28.8 Å². The summed E-state index contributed by atoms with van der Waals surface area (Å²) < 4.78 is 5.51. The molecule has 0 amide bonds. The lowest BCUT2D eigenvalue weighted by molar-refractivity contribution is 0.337. The number of carbonyl (C=O) groups excluding carboxylic acids is 1. The van der Waals surface area contributed by atoms with Gasteiger partial charge in [0.15, 0.2) is 0 Å². The summed E-state index contributed by atoms with van der Waals surface area (Å²) in [6.07, 6.45) is 2.33. The molecular weight excluding hydrogens is 202 g/mol. The van der Waals surface area contributed by atoms with Crippen molar-refractivity contribution in [2.75, 3.05) is 13.2 Å². The Morgan fingerprint density at radius 1 is 1.31 bits per heavy atom. The van der Waals surface area contributed by atoms with Crippen molar-refractivity contribution in [1.29, 1.82) is 0 Å². The minimum Gasteiger partial charge on any atom is -0.494 e. The summed E-state index contributed by atoms with van der Waals surface area (Å²) in [5, 5.41) is 0. The Morgan fingerprint density at radius 3 is 2.69 bits per heavy atom. The predicted molar refractivity (Wildman–Crippen MR) is 63.8 cm³/mol. The minimum atomic E-state index is 0.498. The van der Waals surface area contributed by atoms with Gasteiger partial charge in [-0.2, -0.15) is 0 Å². The van der Waals surface area contributed by atoms with Gasteiger partial charge < -0.3 is 4.74 Å². The first-order chi connectivity index (χ1) is 7.69. The normalized spacial score (nSPS) is 9.69. The third-order valence-electron chi connectivity index (χ3n) is 2.49. The molecule has 0 unspecified atom stereocenters. The molecule has 3 heteroatoms. The number of isocyanates is 1. The molecule has 0 N–H and O–H groups in total. The van der Waals surface area contributed by atoms with Gasteiger partial charge in [-0.05, 0) is 49.9 Å². The van der Waals surface area contributed by atoms with Gasteiger partial charge >= 0.3 is 0 Å². The van der Waals surface area contributed by atoms with Gasteiger partial charge in [-0.1, -0.05) is 6.07 Å². The van der Waals surface area contributed by atoms with E-state index in [0.29, 0.717) is 13.2 Å². The summed E-state index contributed by atoms with van der Waals surface area (Å²) in [6.45, 7) is 7.22. The number of benzene rings is 1. The average Bonchev–Trinajstić information content (AvgIpc) is 2.25. The number of aryl methyl sites for hydroxylation is 2. The Hall–Kier alpha value is -1.60. The van der Waals surface area contributed by atoms with Gasteiger partial charge in [0.1, 0.15) is 5.75 Å². The predicted octanol–water partition coefficient (Wildman–Crippen LogP) is 2.58. The van der Waals surface area contributed by atoms with Crippen LogP contribution in [0.15, 0.2) is 17.1 Å². The second kappa shape index (κ2) is 6.09. The van der Waals surface area contributed by atoms with E-state index >= 15 is 0 Å². The number of nitrogens with zero attached hydrogens (tertiary/aromatic N) is 1. The fraction of sp³-hybridized carbons (Fsp3) is 0.462. The zero-order valence-corrected chi connectivity index (χ0v) is 10.0. The van der Waals surface area contributed by atoms with Crippen LogP contribution < -0.4 is 4.74 Å². The summed E-state index contributed by atoms with van der Waals surface area (Å²) in [6, 6.07) is 4.14. The van der Waals surface area contributed by atoms with Gasteiger partial charge in [0, 0.05) is 0 Å². The Morgan fingerprint density at radius 2 is 2.06 bits per heavy atom. The fourth-order valence-corrected chi connectivity index (χ4v) is 1.65. The molecule has 16 heavy (non-hydrogen) atoms. The van der Waals surface area contributed by atoms with Crippen LogP contribution in [0.2, 0.25) is 0 Å². The molecule has 0 aliphatic rings. The van der Waals surface area contributed by atoms with E-state index in [9.17, 15) is 4.79 Å². The van der Waals surface area contributed by atoms with Gasteiger partial charge in [-0.15, -0.1) is 0 Å². The summed E-state index contributed by atoms with van der Waals surface area (Å²) in [4.78, 5) is 13.5. The van der Waals surface area contributed by atoms with Crippen LogP contribution in [0, 0.1) is 13.8 Å². The van der Waals surface area contributed by atoms with Crippen LogP contribution in [0.25, 0.3) is 0 Å². The maximum Gasteiger partial charge on any atom is 0.234 e. The lowest BCUT2D eigenvalue weighted by Crippen LogP contribution is -1.99. The zero-order valence-electron chi connectivity index (χ0n) is 10.0. The molecule has 0 bridgehead atoms. The van der Waals surface area contributed by atoms with Crippen LogP contribution in [0.1, 0.15) is 23.6 Å².